The first kappa shape index (κ1) is 12.8. The number of benzene rings is 2. The van der Waals surface area contributed by atoms with Crippen LogP contribution in [0.3, 0.4) is 0 Å². The number of aromatic amines is 1. The highest BCUT2D eigenvalue weighted by molar-refractivity contribution is 6.06. The molecule has 0 amide bonds. The lowest BCUT2D eigenvalue weighted by Gasteiger charge is -2.01. The highest BCUT2D eigenvalue weighted by Gasteiger charge is 2.30. The summed E-state index contributed by atoms with van der Waals surface area (Å²) < 4.78 is 5.32. The Morgan fingerprint density at radius 1 is 1.05 bits per heavy atom. The maximum atomic E-state index is 12.1. The van der Waals surface area contributed by atoms with Gasteiger partial charge in [0.2, 0.25) is 5.90 Å². The van der Waals surface area contributed by atoms with E-state index in [-0.39, 0.29) is 5.97 Å². The highest BCUT2D eigenvalue weighted by Crippen LogP contribution is 2.22. The van der Waals surface area contributed by atoms with E-state index in [9.17, 15) is 4.79 Å². The Morgan fingerprint density at radius 3 is 2.68 bits per heavy atom. The number of hydrogen-bond donors (Lipinski definition) is 1. The Bertz CT molecular complexity index is 865. The van der Waals surface area contributed by atoms with E-state index in [2.05, 4.69) is 9.98 Å². The topological polar surface area (TPSA) is 54.4 Å². The smallest absolute Gasteiger partial charge is 0.338 e. The van der Waals surface area contributed by atoms with Crippen LogP contribution in [-0.4, -0.2) is 22.9 Å². The highest BCUT2D eigenvalue weighted by atomic mass is 16.6. The standard InChI is InChI=1S/C18H14N2O2/c21-18-16(20-17(22-18)12-6-2-1-3-7-12)10-13-11-19-15-9-5-4-8-14(13)15/h1-9,11,16,19H,10H2/t16-/m1/s1. The number of rotatable bonds is 3. The van der Waals surface area contributed by atoms with Crippen LogP contribution in [-0.2, 0) is 16.0 Å². The summed E-state index contributed by atoms with van der Waals surface area (Å²) in [5.74, 6) is 0.125. The number of aliphatic imine (C=N–C) groups is 1. The molecule has 4 rings (SSSR count). The van der Waals surface area contributed by atoms with E-state index in [0.717, 1.165) is 22.0 Å². The van der Waals surface area contributed by atoms with Gasteiger partial charge in [0, 0.05) is 29.1 Å². The number of carbonyl (C=O) groups excluding carboxylic acids is 1. The Labute approximate surface area is 127 Å². The number of aromatic nitrogens is 1. The van der Waals surface area contributed by atoms with Crippen LogP contribution < -0.4 is 0 Å². The van der Waals surface area contributed by atoms with Crippen molar-refractivity contribution in [3.8, 4) is 0 Å². The fourth-order valence-corrected chi connectivity index (χ4v) is 2.74. The van der Waals surface area contributed by atoms with Gasteiger partial charge >= 0.3 is 5.97 Å². The van der Waals surface area contributed by atoms with Gasteiger partial charge < -0.3 is 9.72 Å². The predicted octanol–water partition coefficient (Wildman–Crippen LogP) is 3.08. The van der Waals surface area contributed by atoms with Crippen molar-refractivity contribution in [3.05, 3.63) is 71.9 Å². The third-order valence-corrected chi connectivity index (χ3v) is 3.85. The maximum absolute atomic E-state index is 12.1. The van der Waals surface area contributed by atoms with Gasteiger partial charge in [0.15, 0.2) is 6.04 Å². The number of para-hydroxylation sites is 1. The van der Waals surface area contributed by atoms with E-state index in [4.69, 9.17) is 4.74 Å². The van der Waals surface area contributed by atoms with Crippen LogP contribution in [0.5, 0.6) is 0 Å². The Kier molecular flexibility index (Phi) is 3.00. The average molecular weight is 290 g/mol. The average Bonchev–Trinajstić information content (AvgIpc) is 3.13. The zero-order valence-electron chi connectivity index (χ0n) is 11.8. The summed E-state index contributed by atoms with van der Waals surface area (Å²) in [7, 11) is 0. The lowest BCUT2D eigenvalue weighted by atomic mass is 10.1. The second-order valence-electron chi connectivity index (χ2n) is 5.30. The van der Waals surface area contributed by atoms with Crippen molar-refractivity contribution < 1.29 is 9.53 Å². The van der Waals surface area contributed by atoms with Crippen molar-refractivity contribution in [2.75, 3.05) is 0 Å². The summed E-state index contributed by atoms with van der Waals surface area (Å²) in [6.45, 7) is 0. The lowest BCUT2D eigenvalue weighted by Crippen LogP contribution is -2.17. The molecule has 1 aliphatic rings. The molecule has 1 N–H and O–H groups in total. The Hall–Kier alpha value is -2.88. The van der Waals surface area contributed by atoms with E-state index >= 15 is 0 Å². The van der Waals surface area contributed by atoms with Gasteiger partial charge in [0.1, 0.15) is 0 Å². The van der Waals surface area contributed by atoms with Crippen LogP contribution >= 0.6 is 0 Å². The molecule has 0 aliphatic carbocycles. The van der Waals surface area contributed by atoms with Gasteiger partial charge in [-0.1, -0.05) is 36.4 Å². The predicted molar refractivity (Wildman–Crippen MR) is 84.9 cm³/mol. The first-order valence-corrected chi connectivity index (χ1v) is 7.21. The third kappa shape index (κ3) is 2.19. The Morgan fingerprint density at radius 2 is 1.82 bits per heavy atom. The van der Waals surface area contributed by atoms with Crippen molar-refractivity contribution in [2.24, 2.45) is 4.99 Å². The number of H-pyrrole nitrogens is 1. The van der Waals surface area contributed by atoms with E-state index in [1.54, 1.807) is 0 Å². The Balaban J connectivity index is 1.63. The van der Waals surface area contributed by atoms with Gasteiger partial charge in [-0.3, -0.25) is 0 Å². The molecule has 0 bridgehead atoms. The minimum Gasteiger partial charge on any atom is -0.406 e. The van der Waals surface area contributed by atoms with Gasteiger partial charge in [-0.05, 0) is 23.8 Å². The molecule has 22 heavy (non-hydrogen) atoms. The number of nitrogens with zero attached hydrogens (tertiary/aromatic N) is 1. The summed E-state index contributed by atoms with van der Waals surface area (Å²) in [5, 5.41) is 1.12. The monoisotopic (exact) mass is 290 g/mol. The molecule has 1 atom stereocenters. The van der Waals surface area contributed by atoms with Crippen LogP contribution in [0.15, 0.2) is 65.8 Å². The number of carbonyl (C=O) groups is 1. The van der Waals surface area contributed by atoms with Crippen molar-refractivity contribution in [1.29, 1.82) is 0 Å². The van der Waals surface area contributed by atoms with Crippen molar-refractivity contribution in [1.82, 2.24) is 4.98 Å². The van der Waals surface area contributed by atoms with Crippen LogP contribution in [0.1, 0.15) is 11.1 Å². The maximum Gasteiger partial charge on any atom is 0.338 e. The normalized spacial score (nSPS) is 17.5. The summed E-state index contributed by atoms with van der Waals surface area (Å²) in [6, 6.07) is 17.1. The molecule has 0 spiro atoms. The molecule has 2 heterocycles. The molecule has 0 radical (unpaired) electrons. The summed E-state index contributed by atoms with van der Waals surface area (Å²) in [5.41, 5.74) is 2.98. The molecule has 4 nitrogen and oxygen atoms in total. The quantitative estimate of drug-likeness (QED) is 0.754. The summed E-state index contributed by atoms with van der Waals surface area (Å²) in [4.78, 5) is 19.7. The molecule has 0 saturated carbocycles. The first-order valence-electron chi connectivity index (χ1n) is 7.21. The van der Waals surface area contributed by atoms with Crippen molar-refractivity contribution in [3.63, 3.8) is 0 Å². The molecule has 3 aromatic rings. The molecule has 2 aromatic carbocycles. The van der Waals surface area contributed by atoms with Crippen LogP contribution in [0.2, 0.25) is 0 Å². The largest absolute Gasteiger partial charge is 0.406 e. The number of cyclic esters (lactones) is 1. The van der Waals surface area contributed by atoms with Crippen LogP contribution in [0.4, 0.5) is 0 Å². The van der Waals surface area contributed by atoms with E-state index in [1.165, 1.54) is 0 Å². The van der Waals surface area contributed by atoms with Crippen molar-refractivity contribution in [2.45, 2.75) is 12.5 Å². The molecule has 1 aromatic heterocycles. The molecule has 0 unspecified atom stereocenters. The number of hydrogen-bond acceptors (Lipinski definition) is 3. The first-order chi connectivity index (χ1) is 10.8. The van der Waals surface area contributed by atoms with E-state index in [1.807, 2.05) is 60.8 Å². The minimum atomic E-state index is -0.477. The van der Waals surface area contributed by atoms with Gasteiger partial charge in [0.25, 0.3) is 0 Å². The van der Waals surface area contributed by atoms with Gasteiger partial charge in [0.05, 0.1) is 0 Å². The SMILES string of the molecule is O=C1OC(c2ccccc2)=N[C@@H]1Cc1c[nH]c2ccccc12. The lowest BCUT2D eigenvalue weighted by molar-refractivity contribution is -0.134. The second-order valence-corrected chi connectivity index (χ2v) is 5.30. The third-order valence-electron chi connectivity index (χ3n) is 3.85. The molecule has 4 heteroatoms. The van der Waals surface area contributed by atoms with E-state index < -0.39 is 6.04 Å². The number of esters is 1. The fourth-order valence-electron chi connectivity index (χ4n) is 2.74. The zero-order chi connectivity index (χ0) is 14.9. The number of nitrogens with one attached hydrogen (secondary N) is 1. The van der Waals surface area contributed by atoms with Crippen molar-refractivity contribution >= 4 is 22.8 Å². The van der Waals surface area contributed by atoms with Gasteiger partial charge in [-0.15, -0.1) is 0 Å². The zero-order valence-corrected chi connectivity index (χ0v) is 11.8. The minimum absolute atomic E-state index is 0.288. The molecule has 1 aliphatic heterocycles. The van der Waals surface area contributed by atoms with Crippen LogP contribution in [0.25, 0.3) is 10.9 Å². The number of ether oxygens (including phenoxy) is 1. The summed E-state index contributed by atoms with van der Waals surface area (Å²) >= 11 is 0. The van der Waals surface area contributed by atoms with Gasteiger partial charge in [-0.2, -0.15) is 0 Å². The second kappa shape index (κ2) is 5.15. The molecule has 0 saturated heterocycles. The molecular weight excluding hydrogens is 276 g/mol. The summed E-state index contributed by atoms with van der Waals surface area (Å²) in [6.07, 6.45) is 2.48. The number of fused-ring (bicyclic) bond motifs is 1. The molecule has 108 valence electrons. The molecular formula is C18H14N2O2. The van der Waals surface area contributed by atoms with Crippen LogP contribution in [0, 0.1) is 0 Å². The fraction of sp³-hybridized carbons (Fsp3) is 0.111. The van der Waals surface area contributed by atoms with Gasteiger partial charge in [-0.25, -0.2) is 9.79 Å². The molecule has 0 fully saturated rings. The van der Waals surface area contributed by atoms with E-state index in [0.29, 0.717) is 12.3 Å².